The lowest BCUT2D eigenvalue weighted by atomic mass is 9.91. The Labute approximate surface area is 159 Å². The molecule has 0 heterocycles. The third kappa shape index (κ3) is 4.70. The molecule has 26 heavy (non-hydrogen) atoms. The van der Waals surface area contributed by atoms with Gasteiger partial charge in [0.05, 0.1) is 11.6 Å². The summed E-state index contributed by atoms with van der Waals surface area (Å²) in [4.78, 5) is 12.3. The number of nitrogens with one attached hydrogen (secondary N) is 1. The molecule has 3 rings (SSSR count). The largest absolute Gasteiger partial charge is 0.490 e. The van der Waals surface area contributed by atoms with Gasteiger partial charge < -0.3 is 14.8 Å². The highest BCUT2D eigenvalue weighted by atomic mass is 35.5. The molecule has 5 heteroatoms. The minimum absolute atomic E-state index is 0.152. The van der Waals surface area contributed by atoms with Gasteiger partial charge in [0, 0.05) is 0 Å². The third-order valence-corrected chi connectivity index (χ3v) is 4.83. The van der Waals surface area contributed by atoms with Crippen molar-refractivity contribution in [1.29, 1.82) is 0 Å². The Morgan fingerprint density at radius 3 is 2.73 bits per heavy atom. The highest BCUT2D eigenvalue weighted by Crippen LogP contribution is 2.30. The zero-order chi connectivity index (χ0) is 18.4. The molecule has 1 aliphatic carbocycles. The Morgan fingerprint density at radius 2 is 1.88 bits per heavy atom. The molecule has 0 fully saturated rings. The molecule has 0 aromatic heterocycles. The van der Waals surface area contributed by atoms with Crippen molar-refractivity contribution in [3.8, 4) is 11.5 Å². The molecule has 0 radical (unpaired) electrons. The van der Waals surface area contributed by atoms with E-state index in [2.05, 4.69) is 11.4 Å². The van der Waals surface area contributed by atoms with E-state index in [0.717, 1.165) is 18.6 Å². The van der Waals surface area contributed by atoms with Crippen molar-refractivity contribution >= 4 is 17.5 Å². The zero-order valence-electron chi connectivity index (χ0n) is 15.0. The van der Waals surface area contributed by atoms with Crippen molar-refractivity contribution in [2.45, 2.75) is 38.7 Å². The quantitative estimate of drug-likeness (QED) is 0.740. The Morgan fingerprint density at radius 1 is 1.12 bits per heavy atom. The van der Waals surface area contributed by atoms with Crippen molar-refractivity contribution in [2.24, 2.45) is 0 Å². The van der Waals surface area contributed by atoms with Crippen molar-refractivity contribution in [3.05, 3.63) is 58.6 Å². The summed E-state index contributed by atoms with van der Waals surface area (Å²) in [6, 6.07) is 13.4. The van der Waals surface area contributed by atoms with Gasteiger partial charge in [-0.25, -0.2) is 0 Å². The smallest absolute Gasteiger partial charge is 0.260 e. The van der Waals surface area contributed by atoms with E-state index in [4.69, 9.17) is 21.1 Å². The molecule has 4 nitrogen and oxygen atoms in total. The Bertz CT molecular complexity index is 763. The number of para-hydroxylation sites is 1. The second-order valence-electron chi connectivity index (χ2n) is 6.43. The summed E-state index contributed by atoms with van der Waals surface area (Å²) in [6.07, 6.45) is 3.95. The molecule has 0 saturated heterocycles. The number of fused-ring (bicyclic) bond motifs is 1. The molecule has 1 unspecified atom stereocenters. The number of carbonyl (C=O) groups is 1. The monoisotopic (exact) mass is 373 g/mol. The number of halogens is 1. The highest BCUT2D eigenvalue weighted by Gasteiger charge is 2.19. The fourth-order valence-electron chi connectivity index (χ4n) is 3.14. The molecular weight excluding hydrogens is 350 g/mol. The van der Waals surface area contributed by atoms with Crippen LogP contribution in [0.4, 0.5) is 0 Å². The van der Waals surface area contributed by atoms with Crippen LogP contribution in [-0.4, -0.2) is 25.2 Å². The lowest BCUT2D eigenvalue weighted by Crippen LogP contribution is -2.38. The van der Waals surface area contributed by atoms with Crippen LogP contribution < -0.4 is 14.8 Å². The normalized spacial score (nSPS) is 14.2. The Hall–Kier alpha value is -2.20. The molecule has 138 valence electrons. The summed E-state index contributed by atoms with van der Waals surface area (Å²) in [5.74, 6) is 1.29. The lowest BCUT2D eigenvalue weighted by Gasteiger charge is -2.22. The molecule has 0 saturated carbocycles. The van der Waals surface area contributed by atoms with Crippen molar-refractivity contribution < 1.29 is 14.3 Å². The first kappa shape index (κ1) is 18.6. The maximum atomic E-state index is 12.3. The molecule has 1 amide bonds. The average molecular weight is 374 g/mol. The number of hydrogen-bond acceptors (Lipinski definition) is 3. The molecule has 2 aromatic rings. The third-order valence-electron chi connectivity index (χ3n) is 4.52. The predicted molar refractivity (Wildman–Crippen MR) is 103 cm³/mol. The number of benzene rings is 2. The molecule has 1 N–H and O–H groups in total. The maximum Gasteiger partial charge on any atom is 0.260 e. The molecule has 2 aromatic carbocycles. The van der Waals surface area contributed by atoms with Crippen LogP contribution in [0.5, 0.6) is 11.5 Å². The van der Waals surface area contributed by atoms with E-state index in [1.807, 2.05) is 24.3 Å². The molecule has 0 spiro atoms. The van der Waals surface area contributed by atoms with E-state index in [0.29, 0.717) is 23.9 Å². The topological polar surface area (TPSA) is 47.6 Å². The summed E-state index contributed by atoms with van der Waals surface area (Å²) >= 11 is 6.03. The lowest BCUT2D eigenvalue weighted by molar-refractivity contribution is -0.127. The molecule has 0 bridgehead atoms. The van der Waals surface area contributed by atoms with E-state index in [1.54, 1.807) is 19.1 Å². The van der Waals surface area contributed by atoms with E-state index in [1.165, 1.54) is 24.0 Å². The highest BCUT2D eigenvalue weighted by molar-refractivity contribution is 6.32. The first-order valence-electron chi connectivity index (χ1n) is 9.07. The number of rotatable bonds is 7. The van der Waals surface area contributed by atoms with Gasteiger partial charge in [-0.2, -0.15) is 0 Å². The van der Waals surface area contributed by atoms with E-state index in [9.17, 15) is 4.79 Å². The van der Waals surface area contributed by atoms with E-state index < -0.39 is 6.10 Å². The fourth-order valence-corrected chi connectivity index (χ4v) is 3.33. The van der Waals surface area contributed by atoms with E-state index in [-0.39, 0.29) is 5.91 Å². The number of amides is 1. The van der Waals surface area contributed by atoms with Crippen LogP contribution in [0.3, 0.4) is 0 Å². The maximum absolute atomic E-state index is 12.3. The van der Waals surface area contributed by atoms with Gasteiger partial charge in [-0.15, -0.1) is 0 Å². The molecule has 0 aliphatic heterocycles. The van der Waals surface area contributed by atoms with Crippen LogP contribution in [0.15, 0.2) is 42.5 Å². The van der Waals surface area contributed by atoms with Crippen LogP contribution in [0.1, 0.15) is 30.9 Å². The summed E-state index contributed by atoms with van der Waals surface area (Å²) in [6.45, 7) is 2.51. The molecular formula is C21H24ClNO3. The molecule has 1 aliphatic rings. The first-order chi connectivity index (χ1) is 12.6. The van der Waals surface area contributed by atoms with Crippen molar-refractivity contribution in [2.75, 3.05) is 13.2 Å². The van der Waals surface area contributed by atoms with Gasteiger partial charge in [-0.1, -0.05) is 35.9 Å². The molecule has 1 atom stereocenters. The summed E-state index contributed by atoms with van der Waals surface area (Å²) in [7, 11) is 0. The van der Waals surface area contributed by atoms with Crippen LogP contribution >= 0.6 is 11.6 Å². The summed E-state index contributed by atoms with van der Waals surface area (Å²) in [5, 5.41) is 3.40. The van der Waals surface area contributed by atoms with Gasteiger partial charge in [0.1, 0.15) is 18.1 Å². The van der Waals surface area contributed by atoms with Crippen LogP contribution in [-0.2, 0) is 17.6 Å². The van der Waals surface area contributed by atoms with Crippen molar-refractivity contribution in [3.63, 3.8) is 0 Å². The minimum Gasteiger partial charge on any atom is -0.490 e. The van der Waals surface area contributed by atoms with Crippen LogP contribution in [0.2, 0.25) is 5.02 Å². The van der Waals surface area contributed by atoms with Gasteiger partial charge in [-0.05, 0) is 61.9 Å². The Balaban J connectivity index is 1.47. The van der Waals surface area contributed by atoms with Crippen LogP contribution in [0.25, 0.3) is 0 Å². The standard InChI is InChI=1S/C21H24ClNO3/c1-15(26-19-12-6-8-16-7-2-3-9-17(16)19)21(24)23-13-14-25-20-11-5-4-10-18(20)22/h4-6,8,10-12,15H,2-3,7,9,13-14H2,1H3,(H,23,24). The number of hydrogen-bond donors (Lipinski definition) is 1. The van der Waals surface area contributed by atoms with Gasteiger partial charge in [0.2, 0.25) is 0 Å². The van der Waals surface area contributed by atoms with Gasteiger partial charge in [0.15, 0.2) is 6.10 Å². The SMILES string of the molecule is CC(Oc1cccc2c1CCCC2)C(=O)NCCOc1ccccc1Cl. The number of carbonyl (C=O) groups excluding carboxylic acids is 1. The Kier molecular flexibility index (Phi) is 6.40. The number of aryl methyl sites for hydroxylation is 1. The number of ether oxygens (including phenoxy) is 2. The first-order valence-corrected chi connectivity index (χ1v) is 9.45. The minimum atomic E-state index is -0.552. The van der Waals surface area contributed by atoms with Crippen molar-refractivity contribution in [1.82, 2.24) is 5.32 Å². The van der Waals surface area contributed by atoms with E-state index >= 15 is 0 Å². The average Bonchev–Trinajstić information content (AvgIpc) is 2.66. The predicted octanol–water partition coefficient (Wildman–Crippen LogP) is 4.18. The fraction of sp³-hybridized carbons (Fsp3) is 0.381. The van der Waals surface area contributed by atoms with Gasteiger partial charge in [0.25, 0.3) is 5.91 Å². The summed E-state index contributed by atoms with van der Waals surface area (Å²) < 4.78 is 11.5. The van der Waals surface area contributed by atoms with Gasteiger partial charge >= 0.3 is 0 Å². The zero-order valence-corrected chi connectivity index (χ0v) is 15.7. The second-order valence-corrected chi connectivity index (χ2v) is 6.84. The van der Waals surface area contributed by atoms with Crippen LogP contribution in [0, 0.1) is 0 Å². The van der Waals surface area contributed by atoms with Gasteiger partial charge in [-0.3, -0.25) is 4.79 Å². The second kappa shape index (κ2) is 8.95. The summed E-state index contributed by atoms with van der Waals surface area (Å²) in [5.41, 5.74) is 2.59.